The van der Waals surface area contributed by atoms with Gasteiger partial charge in [-0.3, -0.25) is 4.79 Å². The van der Waals surface area contributed by atoms with Gasteiger partial charge in [0.2, 0.25) is 5.75 Å². The lowest BCUT2D eigenvalue weighted by atomic mass is 10.1. The van der Waals surface area contributed by atoms with E-state index in [-0.39, 0.29) is 12.0 Å². The van der Waals surface area contributed by atoms with Crippen LogP contribution in [-0.2, 0) is 0 Å². The topological polar surface area (TPSA) is 51.2 Å². The molecule has 6 heteroatoms. The molecule has 1 aliphatic heterocycles. The number of nitrogens with zero attached hydrogens (tertiary/aromatic N) is 2. The van der Waals surface area contributed by atoms with E-state index in [9.17, 15) is 4.79 Å². The zero-order valence-electron chi connectivity index (χ0n) is 17.7. The molecule has 1 heterocycles. The van der Waals surface area contributed by atoms with Gasteiger partial charge in [-0.1, -0.05) is 6.07 Å². The van der Waals surface area contributed by atoms with Crippen LogP contribution in [0.1, 0.15) is 30.1 Å². The second kappa shape index (κ2) is 9.54. The van der Waals surface area contributed by atoms with Crippen LogP contribution in [0.4, 0.5) is 5.69 Å². The number of ether oxygens (including phenoxy) is 3. The van der Waals surface area contributed by atoms with Crippen LogP contribution < -0.4 is 19.1 Å². The molecule has 29 heavy (non-hydrogen) atoms. The fourth-order valence-electron chi connectivity index (χ4n) is 3.50. The third-order valence-corrected chi connectivity index (χ3v) is 5.43. The molecule has 0 bridgehead atoms. The Morgan fingerprint density at radius 2 is 1.62 bits per heavy atom. The second-order valence-electron chi connectivity index (χ2n) is 7.16. The Hall–Kier alpha value is -2.89. The number of methoxy groups -OCH3 is 2. The first-order valence-electron chi connectivity index (χ1n) is 10.1. The molecule has 0 saturated carbocycles. The molecule has 0 spiro atoms. The fourth-order valence-corrected chi connectivity index (χ4v) is 3.50. The van der Waals surface area contributed by atoms with E-state index in [2.05, 4.69) is 11.8 Å². The Labute approximate surface area is 173 Å². The monoisotopic (exact) mass is 398 g/mol. The Morgan fingerprint density at radius 1 is 1.03 bits per heavy atom. The van der Waals surface area contributed by atoms with Gasteiger partial charge in [-0.15, -0.1) is 0 Å². The van der Waals surface area contributed by atoms with Crippen LogP contribution in [0.3, 0.4) is 0 Å². The SMILES string of the molecule is CCN(C)c1ccc(C(=O)N2CCC(Oc3c(OC)cccc3OC)CC2)cc1. The summed E-state index contributed by atoms with van der Waals surface area (Å²) in [6.45, 7) is 4.36. The van der Waals surface area contributed by atoms with Crippen LogP contribution in [0.15, 0.2) is 42.5 Å². The van der Waals surface area contributed by atoms with E-state index >= 15 is 0 Å². The highest BCUT2D eigenvalue weighted by molar-refractivity contribution is 5.94. The lowest BCUT2D eigenvalue weighted by Gasteiger charge is -2.32. The van der Waals surface area contributed by atoms with E-state index in [4.69, 9.17) is 14.2 Å². The van der Waals surface area contributed by atoms with Gasteiger partial charge in [0.05, 0.1) is 14.2 Å². The highest BCUT2D eigenvalue weighted by Crippen LogP contribution is 2.38. The van der Waals surface area contributed by atoms with E-state index in [1.165, 1.54) is 0 Å². The standard InChI is InChI=1S/C23H30N2O4/c1-5-24(2)18-11-9-17(10-12-18)23(26)25-15-13-19(14-16-25)29-22-20(27-3)7-6-8-21(22)28-4/h6-12,19H,5,13-16H2,1-4H3. The molecule has 1 saturated heterocycles. The number of amides is 1. The highest BCUT2D eigenvalue weighted by atomic mass is 16.5. The number of para-hydroxylation sites is 1. The first kappa shape index (κ1) is 20.8. The Balaban J connectivity index is 1.60. The molecule has 1 amide bonds. The summed E-state index contributed by atoms with van der Waals surface area (Å²) in [6.07, 6.45) is 1.55. The quantitative estimate of drug-likeness (QED) is 0.709. The molecule has 0 aromatic heterocycles. The van der Waals surface area contributed by atoms with Gasteiger partial charge in [0.1, 0.15) is 6.10 Å². The summed E-state index contributed by atoms with van der Waals surface area (Å²) >= 11 is 0. The van der Waals surface area contributed by atoms with E-state index < -0.39 is 0 Å². The molecular formula is C23H30N2O4. The Kier molecular flexibility index (Phi) is 6.86. The first-order valence-corrected chi connectivity index (χ1v) is 10.1. The van der Waals surface area contributed by atoms with Crippen LogP contribution in [-0.4, -0.2) is 57.8 Å². The largest absolute Gasteiger partial charge is 0.493 e. The van der Waals surface area contributed by atoms with Gasteiger partial charge in [0.25, 0.3) is 5.91 Å². The summed E-state index contributed by atoms with van der Waals surface area (Å²) < 4.78 is 17.0. The minimum atomic E-state index is 0.0184. The van der Waals surface area contributed by atoms with Gasteiger partial charge >= 0.3 is 0 Å². The summed E-state index contributed by atoms with van der Waals surface area (Å²) in [4.78, 5) is 16.9. The lowest BCUT2D eigenvalue weighted by molar-refractivity contribution is 0.0585. The third-order valence-electron chi connectivity index (χ3n) is 5.43. The van der Waals surface area contributed by atoms with E-state index in [1.807, 2.05) is 54.4 Å². The van der Waals surface area contributed by atoms with Crippen LogP contribution in [0, 0.1) is 0 Å². The van der Waals surface area contributed by atoms with Crippen molar-refractivity contribution >= 4 is 11.6 Å². The molecule has 2 aromatic carbocycles. The number of hydrogen-bond donors (Lipinski definition) is 0. The predicted octanol–water partition coefficient (Wildman–Crippen LogP) is 3.84. The van der Waals surface area contributed by atoms with Crippen molar-refractivity contribution in [1.29, 1.82) is 0 Å². The molecule has 0 unspecified atom stereocenters. The number of carbonyl (C=O) groups is 1. The number of piperidine rings is 1. The van der Waals surface area contributed by atoms with Crippen molar-refractivity contribution in [1.82, 2.24) is 4.90 Å². The van der Waals surface area contributed by atoms with E-state index in [0.717, 1.165) is 30.6 Å². The molecule has 0 atom stereocenters. The predicted molar refractivity (Wildman–Crippen MR) is 114 cm³/mol. The normalized spacial score (nSPS) is 14.4. The average Bonchev–Trinajstić information content (AvgIpc) is 2.78. The summed E-state index contributed by atoms with van der Waals surface area (Å²) in [7, 11) is 5.28. The molecule has 0 aliphatic carbocycles. The molecular weight excluding hydrogens is 368 g/mol. The third kappa shape index (κ3) is 4.75. The number of likely N-dealkylation sites (tertiary alicyclic amines) is 1. The lowest BCUT2D eigenvalue weighted by Crippen LogP contribution is -2.41. The maximum absolute atomic E-state index is 12.8. The van der Waals surface area contributed by atoms with Crippen molar-refractivity contribution in [3.05, 3.63) is 48.0 Å². The van der Waals surface area contributed by atoms with Crippen molar-refractivity contribution in [3.63, 3.8) is 0 Å². The minimum Gasteiger partial charge on any atom is -0.493 e. The summed E-state index contributed by atoms with van der Waals surface area (Å²) in [6, 6.07) is 13.4. The molecule has 3 rings (SSSR count). The molecule has 156 valence electrons. The van der Waals surface area contributed by atoms with E-state index in [1.54, 1.807) is 14.2 Å². The van der Waals surface area contributed by atoms with Crippen LogP contribution in [0.25, 0.3) is 0 Å². The van der Waals surface area contributed by atoms with E-state index in [0.29, 0.717) is 30.3 Å². The summed E-state index contributed by atoms with van der Waals surface area (Å²) in [5.74, 6) is 2.00. The number of anilines is 1. The van der Waals surface area contributed by atoms with Gasteiger partial charge < -0.3 is 24.0 Å². The maximum atomic E-state index is 12.8. The summed E-state index contributed by atoms with van der Waals surface area (Å²) in [5.41, 5.74) is 1.84. The fraction of sp³-hybridized carbons (Fsp3) is 0.435. The number of benzene rings is 2. The maximum Gasteiger partial charge on any atom is 0.253 e. The van der Waals surface area contributed by atoms with Crippen molar-refractivity contribution < 1.29 is 19.0 Å². The molecule has 2 aromatic rings. The van der Waals surface area contributed by atoms with Crippen LogP contribution in [0.5, 0.6) is 17.2 Å². The molecule has 0 N–H and O–H groups in total. The molecule has 1 aliphatic rings. The van der Waals surface area contributed by atoms with Gasteiger partial charge in [-0.05, 0) is 43.3 Å². The molecule has 1 fully saturated rings. The Morgan fingerprint density at radius 3 is 2.14 bits per heavy atom. The van der Waals surface area contributed by atoms with Gasteiger partial charge in [-0.25, -0.2) is 0 Å². The van der Waals surface area contributed by atoms with Gasteiger partial charge in [0.15, 0.2) is 11.5 Å². The van der Waals surface area contributed by atoms with Crippen molar-refractivity contribution in [2.24, 2.45) is 0 Å². The Bertz CT molecular complexity index is 792. The number of carbonyl (C=O) groups excluding carboxylic acids is 1. The highest BCUT2D eigenvalue weighted by Gasteiger charge is 2.26. The first-order chi connectivity index (χ1) is 14.1. The van der Waals surface area contributed by atoms with Crippen molar-refractivity contribution in [2.45, 2.75) is 25.9 Å². The molecule has 0 radical (unpaired) electrons. The van der Waals surface area contributed by atoms with Crippen LogP contribution >= 0.6 is 0 Å². The van der Waals surface area contributed by atoms with Crippen LogP contribution in [0.2, 0.25) is 0 Å². The number of rotatable bonds is 7. The summed E-state index contributed by atoms with van der Waals surface area (Å²) in [5, 5.41) is 0. The smallest absolute Gasteiger partial charge is 0.253 e. The van der Waals surface area contributed by atoms with Gasteiger partial charge in [0, 0.05) is 50.8 Å². The second-order valence-corrected chi connectivity index (χ2v) is 7.16. The minimum absolute atomic E-state index is 0.0184. The van der Waals surface area contributed by atoms with Gasteiger partial charge in [-0.2, -0.15) is 0 Å². The average molecular weight is 399 g/mol. The zero-order chi connectivity index (χ0) is 20.8. The van der Waals surface area contributed by atoms with Crippen molar-refractivity contribution in [3.8, 4) is 17.2 Å². The zero-order valence-corrected chi connectivity index (χ0v) is 17.7. The van der Waals surface area contributed by atoms with Crippen molar-refractivity contribution in [2.75, 3.05) is 45.8 Å². The molecule has 6 nitrogen and oxygen atoms in total. The number of hydrogen-bond acceptors (Lipinski definition) is 5.